The molecule has 0 bridgehead atoms. The van der Waals surface area contributed by atoms with E-state index in [1.165, 1.54) is 0 Å². The van der Waals surface area contributed by atoms with E-state index in [4.69, 9.17) is 4.55 Å². The fourth-order valence-electron chi connectivity index (χ4n) is 1.37. The monoisotopic (exact) mass is 241 g/mol. The van der Waals surface area contributed by atoms with Gasteiger partial charge < -0.3 is 9.45 Å². The van der Waals surface area contributed by atoms with E-state index in [2.05, 4.69) is 10.3 Å². The van der Waals surface area contributed by atoms with Gasteiger partial charge in [0.05, 0.1) is 11.6 Å². The van der Waals surface area contributed by atoms with Crippen LogP contribution in [0.3, 0.4) is 0 Å². The average Bonchev–Trinajstić information content (AvgIpc) is 2.71. The number of anilines is 1. The summed E-state index contributed by atoms with van der Waals surface area (Å²) in [5.74, 6) is 1.14. The van der Waals surface area contributed by atoms with Crippen LogP contribution in [-0.2, 0) is 16.8 Å². The van der Waals surface area contributed by atoms with Crippen molar-refractivity contribution in [2.24, 2.45) is 0 Å². The van der Waals surface area contributed by atoms with Crippen LogP contribution in [0.1, 0.15) is 5.56 Å². The molecule has 0 spiro atoms. The first-order valence-electron chi connectivity index (χ1n) is 4.47. The molecule has 1 aliphatic rings. The molecule has 1 N–H and O–H groups in total. The van der Waals surface area contributed by atoms with Gasteiger partial charge in [-0.2, -0.15) is 0 Å². The van der Waals surface area contributed by atoms with Crippen molar-refractivity contribution in [3.8, 4) is 0 Å². The quantitative estimate of drug-likeness (QED) is 0.825. The van der Waals surface area contributed by atoms with Gasteiger partial charge in [-0.15, -0.1) is 11.8 Å². The largest absolute Gasteiger partial charge is 0.337 e. The first kappa shape index (κ1) is 10.7. The van der Waals surface area contributed by atoms with E-state index >= 15 is 0 Å². The number of nitrogens with zero attached hydrogens (tertiary/aromatic N) is 1. The molecule has 5 heteroatoms. The maximum absolute atomic E-state index is 10.6. The van der Waals surface area contributed by atoms with Gasteiger partial charge >= 0.3 is 0 Å². The zero-order chi connectivity index (χ0) is 10.7. The molecule has 15 heavy (non-hydrogen) atoms. The van der Waals surface area contributed by atoms with Crippen molar-refractivity contribution in [2.75, 3.05) is 10.8 Å². The van der Waals surface area contributed by atoms with E-state index in [0.29, 0.717) is 0 Å². The maximum atomic E-state index is 10.6. The lowest BCUT2D eigenvalue weighted by molar-refractivity contribution is 0.563. The third-order valence-electron chi connectivity index (χ3n) is 2.11. The molecule has 0 saturated carbocycles. The van der Waals surface area contributed by atoms with Crippen molar-refractivity contribution in [1.82, 2.24) is 0 Å². The van der Waals surface area contributed by atoms with Crippen LogP contribution in [-0.4, -0.2) is 14.6 Å². The van der Waals surface area contributed by atoms with E-state index in [9.17, 15) is 4.21 Å². The van der Waals surface area contributed by atoms with Crippen LogP contribution >= 0.6 is 11.8 Å². The summed E-state index contributed by atoms with van der Waals surface area (Å²) in [5.41, 5.74) is 2.00. The molecule has 1 aliphatic heterocycles. The molecule has 1 aromatic carbocycles. The van der Waals surface area contributed by atoms with E-state index in [1.807, 2.05) is 30.5 Å². The Morgan fingerprint density at radius 2 is 2.13 bits per heavy atom. The summed E-state index contributed by atoms with van der Waals surface area (Å²) in [4.78, 5) is 2.13. The van der Waals surface area contributed by atoms with Gasteiger partial charge in [0, 0.05) is 11.9 Å². The Hall–Kier alpha value is -0.780. The molecule has 2 rings (SSSR count). The van der Waals surface area contributed by atoms with Crippen LogP contribution in [0.2, 0.25) is 0 Å². The smallest absolute Gasteiger partial charge is 0.157 e. The lowest BCUT2D eigenvalue weighted by atomic mass is 10.2. The van der Waals surface area contributed by atoms with Gasteiger partial charge in [-0.05, 0) is 23.1 Å². The minimum absolute atomic E-state index is 0.199. The molecule has 0 aromatic heterocycles. The number of hydrogen-bond donors (Lipinski definition) is 1. The third-order valence-corrected chi connectivity index (χ3v) is 3.43. The average molecular weight is 241 g/mol. The summed E-state index contributed by atoms with van der Waals surface area (Å²) >= 11 is -0.00819. The molecule has 0 aliphatic carbocycles. The summed E-state index contributed by atoms with van der Waals surface area (Å²) in [7, 11) is 0. The molecular weight excluding hydrogens is 230 g/mol. The molecule has 0 fully saturated rings. The van der Waals surface area contributed by atoms with Crippen molar-refractivity contribution in [2.45, 2.75) is 5.75 Å². The van der Waals surface area contributed by atoms with Crippen molar-refractivity contribution < 1.29 is 8.76 Å². The lowest BCUT2D eigenvalue weighted by Gasteiger charge is -2.14. The van der Waals surface area contributed by atoms with Crippen molar-refractivity contribution in [3.63, 3.8) is 0 Å². The zero-order valence-electron chi connectivity index (χ0n) is 8.00. The Kier molecular flexibility index (Phi) is 3.45. The highest BCUT2D eigenvalue weighted by molar-refractivity contribution is 8.02. The summed E-state index contributed by atoms with van der Waals surface area (Å²) in [5, 5.41) is 2.05. The highest BCUT2D eigenvalue weighted by atomic mass is 32.2. The van der Waals surface area contributed by atoms with Crippen molar-refractivity contribution >= 4 is 28.5 Å². The Labute approximate surface area is 95.5 Å². The Morgan fingerprint density at radius 3 is 2.67 bits per heavy atom. The van der Waals surface area contributed by atoms with Crippen LogP contribution in [0.15, 0.2) is 35.9 Å². The summed E-state index contributed by atoms with van der Waals surface area (Å²) < 4.78 is 19.3. The van der Waals surface area contributed by atoms with E-state index < -0.39 is 11.1 Å². The van der Waals surface area contributed by atoms with Gasteiger partial charge in [-0.1, -0.05) is 12.1 Å². The predicted octanol–water partition coefficient (Wildman–Crippen LogP) is 2.39. The SMILES string of the molecule is O=S(O)Cc1ccc(N2C=CSC2)cc1. The number of benzene rings is 1. The predicted molar refractivity (Wildman–Crippen MR) is 65.0 cm³/mol. The first-order valence-corrected chi connectivity index (χ1v) is 6.79. The number of thioether (sulfide) groups is 1. The molecule has 80 valence electrons. The van der Waals surface area contributed by atoms with Gasteiger partial charge in [0.2, 0.25) is 0 Å². The second-order valence-corrected chi connectivity index (χ2v) is 4.98. The Bertz CT molecular complexity index is 389. The number of hydrogen-bond acceptors (Lipinski definition) is 3. The van der Waals surface area contributed by atoms with Gasteiger partial charge in [-0.3, -0.25) is 0 Å². The molecule has 1 heterocycles. The van der Waals surface area contributed by atoms with E-state index in [1.54, 1.807) is 11.8 Å². The number of rotatable bonds is 3. The van der Waals surface area contributed by atoms with Gasteiger partial charge in [0.25, 0.3) is 0 Å². The highest BCUT2D eigenvalue weighted by Crippen LogP contribution is 2.24. The standard InChI is InChI=1S/C10H11NO2S2/c12-15(13)7-9-1-3-10(4-2-9)11-5-6-14-8-11/h1-6H,7-8H2,(H,12,13). The normalized spacial score (nSPS) is 17.0. The van der Waals surface area contributed by atoms with Crippen molar-refractivity contribution in [1.29, 1.82) is 0 Å². The van der Waals surface area contributed by atoms with Crippen LogP contribution in [0, 0.1) is 0 Å². The first-order chi connectivity index (χ1) is 7.25. The zero-order valence-corrected chi connectivity index (χ0v) is 9.63. The minimum atomic E-state index is -1.76. The van der Waals surface area contributed by atoms with Crippen molar-refractivity contribution in [3.05, 3.63) is 41.4 Å². The minimum Gasteiger partial charge on any atom is -0.337 e. The molecule has 3 nitrogen and oxygen atoms in total. The van der Waals surface area contributed by atoms with Crippen LogP contribution < -0.4 is 4.90 Å². The van der Waals surface area contributed by atoms with Gasteiger partial charge in [0.1, 0.15) is 0 Å². The summed E-state index contributed by atoms with van der Waals surface area (Å²) in [6.45, 7) is 0. The third kappa shape index (κ3) is 2.84. The van der Waals surface area contributed by atoms with E-state index in [-0.39, 0.29) is 5.75 Å². The lowest BCUT2D eigenvalue weighted by Crippen LogP contribution is -2.10. The molecular formula is C10H11NO2S2. The summed E-state index contributed by atoms with van der Waals surface area (Å²) in [6, 6.07) is 7.72. The fraction of sp³-hybridized carbons (Fsp3) is 0.200. The van der Waals surface area contributed by atoms with Gasteiger partial charge in [0.15, 0.2) is 11.1 Å². The van der Waals surface area contributed by atoms with E-state index in [0.717, 1.165) is 17.1 Å². The second kappa shape index (κ2) is 4.83. The van der Waals surface area contributed by atoms with Crippen LogP contribution in [0.5, 0.6) is 0 Å². The van der Waals surface area contributed by atoms with Crippen LogP contribution in [0.25, 0.3) is 0 Å². The molecule has 1 aromatic rings. The topological polar surface area (TPSA) is 40.5 Å². The molecule has 1 atom stereocenters. The highest BCUT2D eigenvalue weighted by Gasteiger charge is 2.07. The van der Waals surface area contributed by atoms with Gasteiger partial charge in [-0.25, -0.2) is 4.21 Å². The molecule has 1 unspecified atom stereocenters. The Balaban J connectivity index is 2.09. The van der Waals surface area contributed by atoms with Crippen LogP contribution in [0.4, 0.5) is 5.69 Å². The molecule has 0 saturated heterocycles. The Morgan fingerprint density at radius 1 is 1.40 bits per heavy atom. The molecule has 0 radical (unpaired) electrons. The summed E-state index contributed by atoms with van der Waals surface area (Å²) in [6.07, 6.45) is 2.03. The second-order valence-electron chi connectivity index (χ2n) is 3.18. The maximum Gasteiger partial charge on any atom is 0.157 e. The molecule has 0 amide bonds. The fourth-order valence-corrected chi connectivity index (χ4v) is 2.56.